The molecule has 0 unspecified atom stereocenters. The number of nitrogens with one attached hydrogen (secondary N) is 1. The number of ether oxygens (including phenoxy) is 1. The fourth-order valence-electron chi connectivity index (χ4n) is 3.00. The van der Waals surface area contributed by atoms with E-state index in [4.69, 9.17) is 4.74 Å². The zero-order valence-electron chi connectivity index (χ0n) is 10.2. The summed E-state index contributed by atoms with van der Waals surface area (Å²) in [5, 5.41) is 3.82. The van der Waals surface area contributed by atoms with Gasteiger partial charge in [0.2, 0.25) is 0 Å². The van der Waals surface area contributed by atoms with E-state index in [0.29, 0.717) is 0 Å². The van der Waals surface area contributed by atoms with Crippen molar-refractivity contribution < 1.29 is 4.74 Å². The molecule has 2 aliphatic heterocycles. The van der Waals surface area contributed by atoms with Crippen LogP contribution in [0.1, 0.15) is 32.1 Å². The van der Waals surface area contributed by atoms with Crippen LogP contribution in [0.4, 0.5) is 0 Å². The highest BCUT2D eigenvalue weighted by molar-refractivity contribution is 4.87. The summed E-state index contributed by atoms with van der Waals surface area (Å²) in [6, 6.07) is 1.47. The zero-order chi connectivity index (χ0) is 10.8. The Morgan fingerprint density at radius 1 is 1.00 bits per heavy atom. The lowest BCUT2D eigenvalue weighted by molar-refractivity contribution is 0.0751. The highest BCUT2D eigenvalue weighted by atomic mass is 16.5. The summed E-state index contributed by atoms with van der Waals surface area (Å²) in [5.41, 5.74) is 0. The summed E-state index contributed by atoms with van der Waals surface area (Å²) >= 11 is 0. The first-order valence-electron chi connectivity index (χ1n) is 6.96. The van der Waals surface area contributed by atoms with Gasteiger partial charge in [-0.25, -0.2) is 0 Å². The Balaban J connectivity index is 1.38. The molecule has 92 valence electrons. The van der Waals surface area contributed by atoms with Crippen molar-refractivity contribution in [1.29, 1.82) is 0 Å². The van der Waals surface area contributed by atoms with Crippen LogP contribution in [-0.2, 0) is 4.74 Å². The van der Waals surface area contributed by atoms with Crippen LogP contribution in [0.15, 0.2) is 0 Å². The average Bonchev–Trinajstić information content (AvgIpc) is 3.01. The van der Waals surface area contributed by atoms with Gasteiger partial charge in [-0.05, 0) is 44.6 Å². The topological polar surface area (TPSA) is 24.5 Å². The fourth-order valence-corrected chi connectivity index (χ4v) is 3.00. The van der Waals surface area contributed by atoms with Gasteiger partial charge in [0.25, 0.3) is 0 Å². The Bertz CT molecular complexity index is 224. The summed E-state index contributed by atoms with van der Waals surface area (Å²) in [6.07, 6.45) is 6.73. The molecule has 1 aliphatic carbocycles. The molecule has 0 spiro atoms. The molecule has 0 bridgehead atoms. The second-order valence-electron chi connectivity index (χ2n) is 5.74. The zero-order valence-corrected chi connectivity index (χ0v) is 10.2. The normalized spacial score (nSPS) is 33.4. The number of nitrogens with zero attached hydrogens (tertiary/aromatic N) is 1. The highest BCUT2D eigenvalue weighted by Gasteiger charge is 2.30. The van der Waals surface area contributed by atoms with Crippen LogP contribution in [0.3, 0.4) is 0 Å². The largest absolute Gasteiger partial charge is 0.381 e. The number of rotatable bonds is 4. The molecule has 0 radical (unpaired) electrons. The van der Waals surface area contributed by atoms with Gasteiger partial charge in [0.1, 0.15) is 0 Å². The van der Waals surface area contributed by atoms with Gasteiger partial charge < -0.3 is 15.0 Å². The first kappa shape index (κ1) is 11.0. The third-order valence-corrected chi connectivity index (χ3v) is 4.18. The smallest absolute Gasteiger partial charge is 0.0480 e. The van der Waals surface area contributed by atoms with E-state index < -0.39 is 0 Å². The molecule has 3 nitrogen and oxygen atoms in total. The Morgan fingerprint density at radius 3 is 2.56 bits per heavy atom. The summed E-state index contributed by atoms with van der Waals surface area (Å²) in [5.74, 6) is 1.04. The number of likely N-dealkylation sites (tertiary alicyclic amines) is 1. The quantitative estimate of drug-likeness (QED) is 0.777. The summed E-state index contributed by atoms with van der Waals surface area (Å²) < 4.78 is 5.40. The molecule has 0 aromatic heterocycles. The van der Waals surface area contributed by atoms with Gasteiger partial charge in [0.05, 0.1) is 0 Å². The van der Waals surface area contributed by atoms with Crippen LogP contribution in [-0.4, -0.2) is 49.8 Å². The van der Waals surface area contributed by atoms with E-state index in [1.807, 2.05) is 0 Å². The third kappa shape index (κ3) is 2.96. The standard InChI is InChI=1S/C13H24N2O/c1-2-11(1)9-15-6-3-13(10-15)14-12-4-7-16-8-5-12/h11-14H,1-10H2/t13-/m1/s1. The third-order valence-electron chi connectivity index (χ3n) is 4.18. The highest BCUT2D eigenvalue weighted by Crippen LogP contribution is 2.30. The molecule has 1 N–H and O–H groups in total. The predicted molar refractivity (Wildman–Crippen MR) is 64.5 cm³/mol. The maximum Gasteiger partial charge on any atom is 0.0480 e. The van der Waals surface area contributed by atoms with Gasteiger partial charge in [0, 0.05) is 38.4 Å². The Morgan fingerprint density at radius 2 is 1.81 bits per heavy atom. The number of hydrogen-bond acceptors (Lipinski definition) is 3. The van der Waals surface area contributed by atoms with Gasteiger partial charge in [-0.1, -0.05) is 0 Å². The van der Waals surface area contributed by atoms with Crippen LogP contribution in [0, 0.1) is 5.92 Å². The summed E-state index contributed by atoms with van der Waals surface area (Å²) in [7, 11) is 0. The van der Waals surface area contributed by atoms with E-state index in [2.05, 4.69) is 10.2 Å². The Labute approximate surface area is 98.5 Å². The minimum absolute atomic E-state index is 0.722. The summed E-state index contributed by atoms with van der Waals surface area (Å²) in [6.45, 7) is 5.88. The van der Waals surface area contributed by atoms with Crippen LogP contribution in [0.25, 0.3) is 0 Å². The second kappa shape index (κ2) is 5.03. The lowest BCUT2D eigenvalue weighted by Crippen LogP contribution is -2.43. The van der Waals surface area contributed by atoms with Gasteiger partial charge in [0.15, 0.2) is 0 Å². The van der Waals surface area contributed by atoms with Crippen molar-refractivity contribution in [2.45, 2.75) is 44.2 Å². The lowest BCUT2D eigenvalue weighted by Gasteiger charge is -2.26. The molecule has 16 heavy (non-hydrogen) atoms. The first-order chi connectivity index (χ1) is 7.90. The molecule has 3 heteroatoms. The van der Waals surface area contributed by atoms with Gasteiger partial charge in [-0.15, -0.1) is 0 Å². The van der Waals surface area contributed by atoms with Crippen molar-refractivity contribution in [3.63, 3.8) is 0 Å². The SMILES string of the molecule is C1CC(N[C@@H]2CCN(CC3CC3)C2)CCO1. The molecule has 3 fully saturated rings. The minimum Gasteiger partial charge on any atom is -0.381 e. The van der Waals surface area contributed by atoms with E-state index in [1.165, 1.54) is 51.7 Å². The van der Waals surface area contributed by atoms with E-state index in [1.54, 1.807) is 0 Å². The molecule has 0 aromatic carbocycles. The van der Waals surface area contributed by atoms with Crippen LogP contribution in [0.2, 0.25) is 0 Å². The van der Waals surface area contributed by atoms with Gasteiger partial charge in [-0.2, -0.15) is 0 Å². The van der Waals surface area contributed by atoms with Crippen LogP contribution in [0.5, 0.6) is 0 Å². The van der Waals surface area contributed by atoms with Crippen molar-refractivity contribution in [3.05, 3.63) is 0 Å². The molecule has 3 rings (SSSR count). The molecular formula is C13H24N2O. The lowest BCUT2D eigenvalue weighted by atomic mass is 10.1. The molecule has 3 aliphatic rings. The van der Waals surface area contributed by atoms with Crippen molar-refractivity contribution in [1.82, 2.24) is 10.2 Å². The van der Waals surface area contributed by atoms with Crippen molar-refractivity contribution >= 4 is 0 Å². The Kier molecular flexibility index (Phi) is 3.46. The van der Waals surface area contributed by atoms with Crippen molar-refractivity contribution in [2.24, 2.45) is 5.92 Å². The van der Waals surface area contributed by atoms with Crippen molar-refractivity contribution in [3.8, 4) is 0 Å². The first-order valence-corrected chi connectivity index (χ1v) is 6.96. The maximum atomic E-state index is 5.40. The molecule has 0 amide bonds. The molecule has 2 heterocycles. The molecule has 2 saturated heterocycles. The van der Waals surface area contributed by atoms with Crippen LogP contribution < -0.4 is 5.32 Å². The fraction of sp³-hybridized carbons (Fsp3) is 1.00. The van der Waals surface area contributed by atoms with E-state index >= 15 is 0 Å². The summed E-state index contributed by atoms with van der Waals surface area (Å²) in [4.78, 5) is 2.66. The van der Waals surface area contributed by atoms with Gasteiger partial charge in [-0.3, -0.25) is 0 Å². The van der Waals surface area contributed by atoms with Crippen molar-refractivity contribution in [2.75, 3.05) is 32.8 Å². The minimum atomic E-state index is 0.722. The van der Waals surface area contributed by atoms with Gasteiger partial charge >= 0.3 is 0 Å². The average molecular weight is 224 g/mol. The molecule has 1 saturated carbocycles. The van der Waals surface area contributed by atoms with E-state index in [9.17, 15) is 0 Å². The van der Waals surface area contributed by atoms with E-state index in [0.717, 1.165) is 31.2 Å². The van der Waals surface area contributed by atoms with Crippen LogP contribution >= 0.6 is 0 Å². The molecule has 0 aromatic rings. The predicted octanol–water partition coefficient (Wildman–Crippen LogP) is 1.24. The maximum absolute atomic E-state index is 5.40. The Hall–Kier alpha value is -0.120. The molecular weight excluding hydrogens is 200 g/mol. The van der Waals surface area contributed by atoms with E-state index in [-0.39, 0.29) is 0 Å². The monoisotopic (exact) mass is 224 g/mol. The molecule has 1 atom stereocenters. The number of hydrogen-bond donors (Lipinski definition) is 1. The second-order valence-corrected chi connectivity index (χ2v) is 5.74.